The summed E-state index contributed by atoms with van der Waals surface area (Å²) >= 11 is 0. The van der Waals surface area contributed by atoms with Gasteiger partial charge in [0.15, 0.2) is 0 Å². The standard InChI is InChI=1S/C17H33N3O/c1-16(2,14-8-7-11-18-12-14)15(21)19-13-17(20(3)4)9-5-6-10-17/h14,18H,5-13H2,1-4H3,(H,19,21). The molecule has 4 nitrogen and oxygen atoms in total. The quantitative estimate of drug-likeness (QED) is 0.815. The molecule has 1 amide bonds. The van der Waals surface area contributed by atoms with Gasteiger partial charge in [0, 0.05) is 17.5 Å². The molecule has 0 radical (unpaired) electrons. The number of rotatable bonds is 5. The molecule has 122 valence electrons. The molecule has 1 saturated carbocycles. The second kappa shape index (κ2) is 6.66. The lowest BCUT2D eigenvalue weighted by molar-refractivity contribution is -0.133. The Morgan fingerprint density at radius 2 is 1.95 bits per heavy atom. The summed E-state index contributed by atoms with van der Waals surface area (Å²) in [6.07, 6.45) is 7.31. The fraction of sp³-hybridized carbons (Fsp3) is 0.941. The summed E-state index contributed by atoms with van der Waals surface area (Å²) in [6.45, 7) is 7.08. The summed E-state index contributed by atoms with van der Waals surface area (Å²) in [6, 6.07) is 0. The van der Waals surface area contributed by atoms with Crippen molar-refractivity contribution in [1.29, 1.82) is 0 Å². The number of hydrogen-bond acceptors (Lipinski definition) is 3. The molecular formula is C17H33N3O. The molecule has 0 bridgehead atoms. The molecule has 2 aliphatic rings. The van der Waals surface area contributed by atoms with Crippen molar-refractivity contribution >= 4 is 5.91 Å². The van der Waals surface area contributed by atoms with Crippen LogP contribution in [0.25, 0.3) is 0 Å². The van der Waals surface area contributed by atoms with Crippen LogP contribution in [0.3, 0.4) is 0 Å². The van der Waals surface area contributed by atoms with Crippen LogP contribution in [0, 0.1) is 11.3 Å². The van der Waals surface area contributed by atoms with Gasteiger partial charge < -0.3 is 15.5 Å². The number of hydrogen-bond donors (Lipinski definition) is 2. The van der Waals surface area contributed by atoms with E-state index in [0.29, 0.717) is 5.92 Å². The van der Waals surface area contributed by atoms with Gasteiger partial charge in [0.25, 0.3) is 0 Å². The minimum absolute atomic E-state index is 0.177. The van der Waals surface area contributed by atoms with Gasteiger partial charge in [-0.25, -0.2) is 0 Å². The van der Waals surface area contributed by atoms with Crippen LogP contribution >= 0.6 is 0 Å². The number of likely N-dealkylation sites (N-methyl/N-ethyl adjacent to an activating group) is 1. The van der Waals surface area contributed by atoms with Crippen molar-refractivity contribution in [2.75, 3.05) is 33.7 Å². The largest absolute Gasteiger partial charge is 0.354 e. The van der Waals surface area contributed by atoms with E-state index in [4.69, 9.17) is 0 Å². The van der Waals surface area contributed by atoms with Crippen LogP contribution in [-0.2, 0) is 4.79 Å². The molecule has 1 aliphatic heterocycles. The molecule has 21 heavy (non-hydrogen) atoms. The maximum absolute atomic E-state index is 12.7. The van der Waals surface area contributed by atoms with Crippen LogP contribution in [0.5, 0.6) is 0 Å². The van der Waals surface area contributed by atoms with Crippen LogP contribution in [0.1, 0.15) is 52.4 Å². The lowest BCUT2D eigenvalue weighted by atomic mass is 9.74. The Morgan fingerprint density at radius 1 is 1.29 bits per heavy atom. The normalized spacial score (nSPS) is 26.0. The lowest BCUT2D eigenvalue weighted by Gasteiger charge is -2.40. The summed E-state index contributed by atoms with van der Waals surface area (Å²) in [5.41, 5.74) is -0.101. The van der Waals surface area contributed by atoms with Crippen LogP contribution < -0.4 is 10.6 Å². The lowest BCUT2D eigenvalue weighted by Crippen LogP contribution is -2.54. The van der Waals surface area contributed by atoms with Crippen molar-refractivity contribution < 1.29 is 4.79 Å². The fourth-order valence-electron chi connectivity index (χ4n) is 3.94. The topological polar surface area (TPSA) is 44.4 Å². The third-order valence-corrected chi connectivity index (χ3v) is 5.96. The molecule has 1 heterocycles. The van der Waals surface area contributed by atoms with E-state index >= 15 is 0 Å². The van der Waals surface area contributed by atoms with Crippen LogP contribution in [-0.4, -0.2) is 50.1 Å². The zero-order chi connectivity index (χ0) is 15.5. The molecule has 1 aliphatic carbocycles. The van der Waals surface area contributed by atoms with Gasteiger partial charge in [-0.1, -0.05) is 26.7 Å². The molecule has 4 heteroatoms. The number of carbonyl (C=O) groups is 1. The third kappa shape index (κ3) is 3.59. The average molecular weight is 295 g/mol. The van der Waals surface area contributed by atoms with Gasteiger partial charge in [-0.3, -0.25) is 4.79 Å². The highest BCUT2D eigenvalue weighted by atomic mass is 16.2. The van der Waals surface area contributed by atoms with E-state index in [1.165, 1.54) is 32.1 Å². The van der Waals surface area contributed by atoms with E-state index in [9.17, 15) is 4.79 Å². The first-order chi connectivity index (χ1) is 9.88. The van der Waals surface area contributed by atoms with E-state index < -0.39 is 0 Å². The molecule has 2 N–H and O–H groups in total. The molecule has 0 aromatic carbocycles. The molecule has 2 fully saturated rings. The minimum atomic E-state index is -0.278. The predicted octanol–water partition coefficient (Wildman–Crippen LogP) is 2.00. The van der Waals surface area contributed by atoms with E-state index in [-0.39, 0.29) is 16.9 Å². The first kappa shape index (κ1) is 16.8. The van der Waals surface area contributed by atoms with Gasteiger partial charge in [-0.2, -0.15) is 0 Å². The molecule has 2 rings (SSSR count). The Labute approximate surface area is 130 Å². The van der Waals surface area contributed by atoms with Crippen LogP contribution in [0.15, 0.2) is 0 Å². The van der Waals surface area contributed by atoms with Gasteiger partial charge >= 0.3 is 0 Å². The summed E-state index contributed by atoms with van der Waals surface area (Å²) < 4.78 is 0. The highest BCUT2D eigenvalue weighted by Crippen LogP contribution is 2.35. The van der Waals surface area contributed by atoms with Crippen molar-refractivity contribution in [3.05, 3.63) is 0 Å². The van der Waals surface area contributed by atoms with Crippen molar-refractivity contribution in [2.24, 2.45) is 11.3 Å². The van der Waals surface area contributed by atoms with Crippen LogP contribution in [0.4, 0.5) is 0 Å². The Kier molecular flexibility index (Phi) is 5.31. The zero-order valence-electron chi connectivity index (χ0n) is 14.3. The summed E-state index contributed by atoms with van der Waals surface area (Å²) in [5.74, 6) is 0.675. The summed E-state index contributed by atoms with van der Waals surface area (Å²) in [4.78, 5) is 15.0. The van der Waals surface area contributed by atoms with Crippen molar-refractivity contribution in [3.8, 4) is 0 Å². The number of carbonyl (C=O) groups excluding carboxylic acids is 1. The number of piperidine rings is 1. The maximum Gasteiger partial charge on any atom is 0.226 e. The van der Waals surface area contributed by atoms with Crippen molar-refractivity contribution in [3.63, 3.8) is 0 Å². The van der Waals surface area contributed by atoms with E-state index in [1.807, 2.05) is 0 Å². The van der Waals surface area contributed by atoms with E-state index in [1.54, 1.807) is 0 Å². The second-order valence-corrected chi connectivity index (χ2v) is 7.77. The van der Waals surface area contributed by atoms with Crippen LogP contribution in [0.2, 0.25) is 0 Å². The molecule has 1 unspecified atom stereocenters. The number of nitrogens with zero attached hydrogens (tertiary/aromatic N) is 1. The minimum Gasteiger partial charge on any atom is -0.354 e. The molecule has 0 aromatic rings. The predicted molar refractivity (Wildman–Crippen MR) is 87.3 cm³/mol. The SMILES string of the molecule is CN(C)C1(CNC(=O)C(C)(C)C2CCCNC2)CCCC1. The summed E-state index contributed by atoms with van der Waals surface area (Å²) in [5, 5.41) is 6.71. The van der Waals surface area contributed by atoms with Gasteiger partial charge in [-0.05, 0) is 58.8 Å². The van der Waals surface area contributed by atoms with Crippen molar-refractivity contribution in [2.45, 2.75) is 57.9 Å². The molecular weight excluding hydrogens is 262 g/mol. The van der Waals surface area contributed by atoms with Gasteiger partial charge in [0.2, 0.25) is 5.91 Å². The molecule has 0 spiro atoms. The van der Waals surface area contributed by atoms with E-state index in [0.717, 1.165) is 26.1 Å². The first-order valence-corrected chi connectivity index (χ1v) is 8.55. The Morgan fingerprint density at radius 3 is 2.48 bits per heavy atom. The zero-order valence-corrected chi connectivity index (χ0v) is 14.3. The first-order valence-electron chi connectivity index (χ1n) is 8.55. The average Bonchev–Trinajstić information content (AvgIpc) is 2.96. The van der Waals surface area contributed by atoms with Gasteiger partial charge in [0.1, 0.15) is 0 Å². The number of amides is 1. The maximum atomic E-state index is 12.7. The Hall–Kier alpha value is -0.610. The smallest absolute Gasteiger partial charge is 0.226 e. The van der Waals surface area contributed by atoms with Gasteiger partial charge in [-0.15, -0.1) is 0 Å². The monoisotopic (exact) mass is 295 g/mol. The van der Waals surface area contributed by atoms with Crippen molar-refractivity contribution in [1.82, 2.24) is 15.5 Å². The highest BCUT2D eigenvalue weighted by molar-refractivity contribution is 5.82. The van der Waals surface area contributed by atoms with E-state index in [2.05, 4.69) is 43.5 Å². The van der Waals surface area contributed by atoms with Gasteiger partial charge in [0.05, 0.1) is 0 Å². The molecule has 1 atom stereocenters. The molecule has 1 saturated heterocycles. The highest BCUT2D eigenvalue weighted by Gasteiger charge is 2.40. The summed E-state index contributed by atoms with van der Waals surface area (Å²) in [7, 11) is 4.29. The fourth-order valence-corrected chi connectivity index (χ4v) is 3.94. The Bertz CT molecular complexity index is 353. The second-order valence-electron chi connectivity index (χ2n) is 7.77. The number of nitrogens with one attached hydrogen (secondary N) is 2. The third-order valence-electron chi connectivity index (χ3n) is 5.96. The molecule has 0 aromatic heterocycles. The Balaban J connectivity index is 1.93.